The van der Waals surface area contributed by atoms with Crippen LogP contribution < -0.4 is 5.32 Å². The standard InChI is InChI=1S/C19H30N2O3/c1-14(20-17-7-5-15(13-22)6-8-17)16-9-11-21(12-10-16)18(23)24-19(2,3)4/h5-8,14,16,20,22H,9-13H2,1-4H3. The van der Waals surface area contributed by atoms with Gasteiger partial charge in [-0.25, -0.2) is 4.79 Å². The van der Waals surface area contributed by atoms with Gasteiger partial charge in [0.25, 0.3) is 0 Å². The van der Waals surface area contributed by atoms with Crippen LogP contribution in [0.2, 0.25) is 0 Å². The van der Waals surface area contributed by atoms with E-state index in [1.807, 2.05) is 49.9 Å². The lowest BCUT2D eigenvalue weighted by Gasteiger charge is -2.36. The fraction of sp³-hybridized carbons (Fsp3) is 0.632. The molecule has 1 aliphatic heterocycles. The number of likely N-dealkylation sites (tertiary alicyclic amines) is 1. The summed E-state index contributed by atoms with van der Waals surface area (Å²) in [7, 11) is 0. The molecule has 24 heavy (non-hydrogen) atoms. The summed E-state index contributed by atoms with van der Waals surface area (Å²) in [6.45, 7) is 9.43. The molecule has 1 aromatic carbocycles. The van der Waals surface area contributed by atoms with E-state index in [1.165, 1.54) is 0 Å². The Bertz CT molecular complexity index is 529. The SMILES string of the molecule is CC(Nc1ccc(CO)cc1)C1CCN(C(=O)OC(C)(C)C)CC1. The molecule has 1 amide bonds. The number of amides is 1. The second kappa shape index (κ2) is 7.88. The number of aliphatic hydroxyl groups excluding tert-OH is 1. The van der Waals surface area contributed by atoms with Crippen LogP contribution in [0.5, 0.6) is 0 Å². The van der Waals surface area contributed by atoms with Crippen molar-refractivity contribution in [1.29, 1.82) is 0 Å². The highest BCUT2D eigenvalue weighted by Crippen LogP contribution is 2.24. The molecule has 0 spiro atoms. The molecule has 1 aliphatic rings. The molecule has 2 N–H and O–H groups in total. The maximum Gasteiger partial charge on any atom is 0.410 e. The van der Waals surface area contributed by atoms with Gasteiger partial charge in [0.05, 0.1) is 6.61 Å². The Morgan fingerprint density at radius 1 is 1.29 bits per heavy atom. The van der Waals surface area contributed by atoms with E-state index in [9.17, 15) is 4.79 Å². The van der Waals surface area contributed by atoms with Crippen LogP contribution in [0.4, 0.5) is 10.5 Å². The molecule has 1 aromatic rings. The molecule has 1 unspecified atom stereocenters. The van der Waals surface area contributed by atoms with Crippen LogP contribution in [-0.4, -0.2) is 40.8 Å². The molecule has 134 valence electrons. The molecule has 1 saturated heterocycles. The van der Waals surface area contributed by atoms with E-state index in [4.69, 9.17) is 9.84 Å². The van der Waals surface area contributed by atoms with Crippen molar-refractivity contribution in [2.45, 2.75) is 58.8 Å². The molecule has 0 aliphatic carbocycles. The van der Waals surface area contributed by atoms with Crippen molar-refractivity contribution in [2.24, 2.45) is 5.92 Å². The molecule has 1 fully saturated rings. The third-order valence-corrected chi connectivity index (χ3v) is 4.43. The highest BCUT2D eigenvalue weighted by atomic mass is 16.6. The van der Waals surface area contributed by atoms with Crippen LogP contribution in [0.1, 0.15) is 46.1 Å². The summed E-state index contributed by atoms with van der Waals surface area (Å²) in [6.07, 6.45) is 1.74. The normalized spacial score (nSPS) is 17.5. The molecule has 1 heterocycles. The monoisotopic (exact) mass is 334 g/mol. The Morgan fingerprint density at radius 3 is 2.38 bits per heavy atom. The number of benzene rings is 1. The van der Waals surface area contributed by atoms with Gasteiger partial charge >= 0.3 is 6.09 Å². The molecular formula is C19H30N2O3. The summed E-state index contributed by atoms with van der Waals surface area (Å²) < 4.78 is 5.44. The van der Waals surface area contributed by atoms with Crippen molar-refractivity contribution >= 4 is 11.8 Å². The topological polar surface area (TPSA) is 61.8 Å². The zero-order valence-electron chi connectivity index (χ0n) is 15.2. The number of nitrogens with zero attached hydrogens (tertiary/aromatic N) is 1. The summed E-state index contributed by atoms with van der Waals surface area (Å²) in [6, 6.07) is 8.20. The number of carbonyl (C=O) groups is 1. The molecular weight excluding hydrogens is 304 g/mol. The zero-order chi connectivity index (χ0) is 17.7. The number of carbonyl (C=O) groups excluding carboxylic acids is 1. The first kappa shape index (κ1) is 18.6. The number of hydrogen-bond acceptors (Lipinski definition) is 4. The van der Waals surface area contributed by atoms with E-state index in [0.717, 1.165) is 37.2 Å². The average molecular weight is 334 g/mol. The number of hydrogen-bond donors (Lipinski definition) is 2. The van der Waals surface area contributed by atoms with Crippen LogP contribution in [-0.2, 0) is 11.3 Å². The van der Waals surface area contributed by atoms with Crippen molar-refractivity contribution in [3.8, 4) is 0 Å². The van der Waals surface area contributed by atoms with Crippen LogP contribution in [0, 0.1) is 5.92 Å². The molecule has 5 heteroatoms. The van der Waals surface area contributed by atoms with Gasteiger partial charge in [-0.1, -0.05) is 12.1 Å². The van der Waals surface area contributed by atoms with Gasteiger partial charge in [0, 0.05) is 24.8 Å². The molecule has 1 atom stereocenters. The molecule has 0 saturated carbocycles. The molecule has 0 aromatic heterocycles. The van der Waals surface area contributed by atoms with Crippen LogP contribution >= 0.6 is 0 Å². The van der Waals surface area contributed by atoms with Gasteiger partial charge in [-0.2, -0.15) is 0 Å². The van der Waals surface area contributed by atoms with Crippen molar-refractivity contribution in [2.75, 3.05) is 18.4 Å². The van der Waals surface area contributed by atoms with Crippen LogP contribution in [0.15, 0.2) is 24.3 Å². The Morgan fingerprint density at radius 2 is 1.88 bits per heavy atom. The first-order valence-corrected chi connectivity index (χ1v) is 8.73. The predicted octanol–water partition coefficient (Wildman–Crippen LogP) is 3.63. The fourth-order valence-corrected chi connectivity index (χ4v) is 3.00. The average Bonchev–Trinajstić information content (AvgIpc) is 2.54. The molecule has 2 rings (SSSR count). The van der Waals surface area contributed by atoms with Gasteiger partial charge < -0.3 is 20.1 Å². The van der Waals surface area contributed by atoms with Crippen LogP contribution in [0.3, 0.4) is 0 Å². The van der Waals surface area contributed by atoms with E-state index in [1.54, 1.807) is 0 Å². The molecule has 0 bridgehead atoms. The second-order valence-corrected chi connectivity index (χ2v) is 7.59. The number of anilines is 1. The van der Waals surface area contributed by atoms with E-state index in [2.05, 4.69) is 12.2 Å². The second-order valence-electron chi connectivity index (χ2n) is 7.59. The highest BCUT2D eigenvalue weighted by molar-refractivity contribution is 5.68. The quantitative estimate of drug-likeness (QED) is 0.883. The van der Waals surface area contributed by atoms with E-state index >= 15 is 0 Å². The van der Waals surface area contributed by atoms with Gasteiger partial charge in [0.2, 0.25) is 0 Å². The van der Waals surface area contributed by atoms with E-state index < -0.39 is 5.60 Å². The van der Waals surface area contributed by atoms with Gasteiger partial charge in [0.1, 0.15) is 5.60 Å². The number of aliphatic hydroxyl groups is 1. The third kappa shape index (κ3) is 5.41. The van der Waals surface area contributed by atoms with Crippen molar-refractivity contribution in [1.82, 2.24) is 4.90 Å². The summed E-state index contributed by atoms with van der Waals surface area (Å²) in [4.78, 5) is 13.9. The summed E-state index contributed by atoms with van der Waals surface area (Å²) in [5.41, 5.74) is 1.54. The maximum atomic E-state index is 12.1. The summed E-state index contributed by atoms with van der Waals surface area (Å²) in [5.74, 6) is 0.529. The molecule has 5 nitrogen and oxygen atoms in total. The number of piperidine rings is 1. The Kier molecular flexibility index (Phi) is 6.10. The van der Waals surface area contributed by atoms with Gasteiger partial charge in [-0.3, -0.25) is 0 Å². The van der Waals surface area contributed by atoms with E-state index in [-0.39, 0.29) is 12.7 Å². The van der Waals surface area contributed by atoms with Gasteiger partial charge in [-0.15, -0.1) is 0 Å². The third-order valence-electron chi connectivity index (χ3n) is 4.43. The Labute approximate surface area is 145 Å². The lowest BCUT2D eigenvalue weighted by Crippen LogP contribution is -2.44. The minimum atomic E-state index is -0.441. The van der Waals surface area contributed by atoms with Crippen LogP contribution in [0.25, 0.3) is 0 Å². The first-order valence-electron chi connectivity index (χ1n) is 8.73. The Hall–Kier alpha value is -1.75. The van der Waals surface area contributed by atoms with Crippen molar-refractivity contribution < 1.29 is 14.6 Å². The number of rotatable bonds is 4. The van der Waals surface area contributed by atoms with Gasteiger partial charge in [-0.05, 0) is 64.2 Å². The van der Waals surface area contributed by atoms with Crippen molar-refractivity contribution in [3.05, 3.63) is 29.8 Å². The fourth-order valence-electron chi connectivity index (χ4n) is 3.00. The lowest BCUT2D eigenvalue weighted by molar-refractivity contribution is 0.0179. The maximum absolute atomic E-state index is 12.1. The smallest absolute Gasteiger partial charge is 0.410 e. The first-order chi connectivity index (χ1) is 11.3. The number of ether oxygens (including phenoxy) is 1. The Balaban J connectivity index is 1.81. The van der Waals surface area contributed by atoms with E-state index in [0.29, 0.717) is 12.0 Å². The number of nitrogens with one attached hydrogen (secondary N) is 1. The lowest BCUT2D eigenvalue weighted by atomic mass is 9.90. The summed E-state index contributed by atoms with van der Waals surface area (Å²) in [5, 5.41) is 12.6. The summed E-state index contributed by atoms with van der Waals surface area (Å²) >= 11 is 0. The predicted molar refractivity (Wildman–Crippen MR) is 96.0 cm³/mol. The van der Waals surface area contributed by atoms with Gasteiger partial charge in [0.15, 0.2) is 0 Å². The highest BCUT2D eigenvalue weighted by Gasteiger charge is 2.29. The zero-order valence-corrected chi connectivity index (χ0v) is 15.2. The molecule has 0 radical (unpaired) electrons. The minimum Gasteiger partial charge on any atom is -0.444 e. The van der Waals surface area contributed by atoms with Crippen molar-refractivity contribution in [3.63, 3.8) is 0 Å². The largest absolute Gasteiger partial charge is 0.444 e. The minimum absolute atomic E-state index is 0.0684.